The van der Waals surface area contributed by atoms with Gasteiger partial charge in [-0.3, -0.25) is 14.6 Å². The zero-order valence-electron chi connectivity index (χ0n) is 23.3. The molecule has 1 N–H and O–H groups in total. The molecule has 0 aromatic heterocycles. The Hall–Kier alpha value is -4.06. The first kappa shape index (κ1) is 29.9. The number of methoxy groups -OCH3 is 1. The number of rotatable bonds is 7. The fourth-order valence-corrected chi connectivity index (χ4v) is 5.13. The van der Waals surface area contributed by atoms with E-state index < -0.39 is 23.8 Å². The van der Waals surface area contributed by atoms with Crippen LogP contribution in [0.4, 0.5) is 18.0 Å². The van der Waals surface area contributed by atoms with Crippen LogP contribution in [0.2, 0.25) is 0 Å². The monoisotopic (exact) mass is 574 g/mol. The first-order chi connectivity index (χ1) is 19.4. The average molecular weight is 575 g/mol. The number of carbonyl (C=O) groups excluding carboxylic acids is 3. The Balaban J connectivity index is 1.57. The van der Waals surface area contributed by atoms with E-state index in [4.69, 9.17) is 9.47 Å². The third-order valence-corrected chi connectivity index (χ3v) is 7.30. The molecule has 12 heteroatoms. The molecule has 41 heavy (non-hydrogen) atoms. The first-order valence-electron chi connectivity index (χ1n) is 13.2. The van der Waals surface area contributed by atoms with Crippen LogP contribution in [0.3, 0.4) is 0 Å². The molecule has 2 aliphatic rings. The van der Waals surface area contributed by atoms with Gasteiger partial charge in [-0.05, 0) is 55.8 Å². The number of amides is 3. The zero-order valence-corrected chi connectivity index (χ0v) is 23.3. The number of urea groups is 1. The smallest absolute Gasteiger partial charge is 0.416 e. The molecule has 3 amide bonds. The zero-order chi connectivity index (χ0) is 29.9. The van der Waals surface area contributed by atoms with E-state index in [2.05, 4.69) is 5.32 Å². The highest BCUT2D eigenvalue weighted by Crippen LogP contribution is 2.33. The van der Waals surface area contributed by atoms with E-state index in [0.29, 0.717) is 42.2 Å². The van der Waals surface area contributed by atoms with Crippen LogP contribution >= 0.6 is 0 Å². The maximum atomic E-state index is 13.3. The van der Waals surface area contributed by atoms with Crippen LogP contribution in [0.5, 0.6) is 5.75 Å². The van der Waals surface area contributed by atoms with Gasteiger partial charge in [0.25, 0.3) is 5.91 Å². The van der Waals surface area contributed by atoms with Gasteiger partial charge in [0, 0.05) is 50.5 Å². The number of ether oxygens (including phenoxy) is 2. The molecule has 4 rings (SSSR count). The molecule has 220 valence electrons. The standard InChI is InChI=1S/C29H33F3N4O5/c1-5-41-27(38)24-23(34(3)28(39)33-25(24)20-7-6-8-22(15-20)40-4)17-35-13-14-36(18(2)16-35)26(37)19-9-11-21(12-10-19)29(30,31)32/h6-12,15,18,25H,5,13-14,16-17H2,1-4H3,(H,33,39). The Bertz CT molecular complexity index is 1330. The second kappa shape index (κ2) is 12.2. The van der Waals surface area contributed by atoms with E-state index in [1.165, 1.54) is 24.1 Å². The molecule has 0 bridgehead atoms. The van der Waals surface area contributed by atoms with Crippen molar-refractivity contribution in [3.8, 4) is 5.75 Å². The van der Waals surface area contributed by atoms with Crippen molar-refractivity contribution in [3.05, 3.63) is 76.5 Å². The molecule has 0 radical (unpaired) electrons. The molecule has 2 unspecified atom stereocenters. The Labute approximate surface area is 236 Å². The van der Waals surface area contributed by atoms with Crippen molar-refractivity contribution in [2.24, 2.45) is 0 Å². The number of esters is 1. The quantitative estimate of drug-likeness (QED) is 0.502. The first-order valence-corrected chi connectivity index (χ1v) is 13.2. The van der Waals surface area contributed by atoms with Crippen LogP contribution in [0, 0.1) is 0 Å². The summed E-state index contributed by atoms with van der Waals surface area (Å²) in [6, 6.07) is 9.85. The van der Waals surface area contributed by atoms with E-state index in [1.807, 2.05) is 11.8 Å². The lowest BCUT2D eigenvalue weighted by molar-refractivity contribution is -0.139. The minimum absolute atomic E-state index is 0.153. The molecule has 2 aromatic rings. The van der Waals surface area contributed by atoms with Gasteiger partial charge in [0.1, 0.15) is 5.75 Å². The van der Waals surface area contributed by atoms with Gasteiger partial charge in [-0.2, -0.15) is 13.2 Å². The Morgan fingerprint density at radius 3 is 2.41 bits per heavy atom. The molecule has 0 aliphatic carbocycles. The lowest BCUT2D eigenvalue weighted by atomic mass is 9.94. The number of benzene rings is 2. The third-order valence-electron chi connectivity index (χ3n) is 7.30. The van der Waals surface area contributed by atoms with Crippen molar-refractivity contribution >= 4 is 17.9 Å². The van der Waals surface area contributed by atoms with Crippen molar-refractivity contribution in [2.45, 2.75) is 32.1 Å². The second-order valence-electron chi connectivity index (χ2n) is 9.96. The highest BCUT2D eigenvalue weighted by atomic mass is 19.4. The Morgan fingerprint density at radius 1 is 1.10 bits per heavy atom. The highest BCUT2D eigenvalue weighted by Gasteiger charge is 2.39. The number of carbonyl (C=O) groups is 3. The maximum Gasteiger partial charge on any atom is 0.416 e. The number of likely N-dealkylation sites (N-methyl/N-ethyl adjacent to an activating group) is 1. The Morgan fingerprint density at radius 2 is 1.80 bits per heavy atom. The molecule has 0 spiro atoms. The predicted octanol–water partition coefficient (Wildman–Crippen LogP) is 4.07. The summed E-state index contributed by atoms with van der Waals surface area (Å²) in [5.74, 6) is -0.334. The van der Waals surface area contributed by atoms with E-state index >= 15 is 0 Å². The van der Waals surface area contributed by atoms with Crippen LogP contribution in [0.25, 0.3) is 0 Å². The number of nitrogens with one attached hydrogen (secondary N) is 1. The predicted molar refractivity (Wildman–Crippen MR) is 144 cm³/mol. The SMILES string of the molecule is CCOC(=O)C1=C(CN2CCN(C(=O)c3ccc(C(F)(F)F)cc3)C(C)C2)N(C)C(=O)NC1c1cccc(OC)c1. The van der Waals surface area contributed by atoms with Gasteiger partial charge >= 0.3 is 18.2 Å². The summed E-state index contributed by atoms with van der Waals surface area (Å²) in [5.41, 5.74) is 0.806. The minimum atomic E-state index is -4.48. The fourth-order valence-electron chi connectivity index (χ4n) is 5.13. The highest BCUT2D eigenvalue weighted by molar-refractivity contribution is 5.95. The lowest BCUT2D eigenvalue weighted by Gasteiger charge is -2.42. The number of hydrogen-bond acceptors (Lipinski definition) is 6. The van der Waals surface area contributed by atoms with Crippen molar-refractivity contribution in [2.75, 3.05) is 46.9 Å². The average Bonchev–Trinajstić information content (AvgIpc) is 2.94. The number of piperazine rings is 1. The van der Waals surface area contributed by atoms with Gasteiger partial charge in [0.05, 0.1) is 30.9 Å². The van der Waals surface area contributed by atoms with Crippen molar-refractivity contribution in [1.29, 1.82) is 0 Å². The maximum absolute atomic E-state index is 13.3. The van der Waals surface area contributed by atoms with E-state index in [0.717, 1.165) is 12.1 Å². The molecule has 2 aromatic carbocycles. The summed E-state index contributed by atoms with van der Waals surface area (Å²) in [6.07, 6.45) is -4.48. The number of alkyl halides is 3. The lowest BCUT2D eigenvalue weighted by Crippen LogP contribution is -2.56. The molecule has 2 heterocycles. The molecule has 1 saturated heterocycles. The number of halogens is 3. The number of hydrogen-bond donors (Lipinski definition) is 1. The summed E-state index contributed by atoms with van der Waals surface area (Å²) in [7, 11) is 3.11. The van der Waals surface area contributed by atoms with Crippen LogP contribution < -0.4 is 10.1 Å². The molecular weight excluding hydrogens is 541 g/mol. The van der Waals surface area contributed by atoms with Gasteiger partial charge in [-0.15, -0.1) is 0 Å². The van der Waals surface area contributed by atoms with Crippen molar-refractivity contribution in [1.82, 2.24) is 20.0 Å². The molecule has 1 fully saturated rings. The normalized spacial score (nSPS) is 20.1. The summed E-state index contributed by atoms with van der Waals surface area (Å²) >= 11 is 0. The van der Waals surface area contributed by atoms with Gasteiger partial charge in [-0.1, -0.05) is 12.1 Å². The van der Waals surface area contributed by atoms with E-state index in [9.17, 15) is 27.6 Å². The second-order valence-corrected chi connectivity index (χ2v) is 9.96. The topological polar surface area (TPSA) is 91.4 Å². The third kappa shape index (κ3) is 6.48. The summed E-state index contributed by atoms with van der Waals surface area (Å²) < 4.78 is 49.5. The van der Waals surface area contributed by atoms with Crippen molar-refractivity contribution < 1.29 is 37.0 Å². The molecular formula is C29H33F3N4O5. The van der Waals surface area contributed by atoms with E-state index in [1.54, 1.807) is 43.1 Å². The summed E-state index contributed by atoms with van der Waals surface area (Å²) in [5, 5.41) is 2.88. The molecule has 2 aliphatic heterocycles. The fraction of sp³-hybridized carbons (Fsp3) is 0.414. The largest absolute Gasteiger partial charge is 0.497 e. The van der Waals surface area contributed by atoms with Gasteiger partial charge in [0.2, 0.25) is 0 Å². The van der Waals surface area contributed by atoms with Crippen LogP contribution in [0.1, 0.15) is 41.4 Å². The molecule has 9 nitrogen and oxygen atoms in total. The van der Waals surface area contributed by atoms with Gasteiger partial charge < -0.3 is 19.7 Å². The van der Waals surface area contributed by atoms with E-state index in [-0.39, 0.29) is 36.7 Å². The summed E-state index contributed by atoms with van der Waals surface area (Å²) in [6.45, 7) is 5.12. The van der Waals surface area contributed by atoms with Crippen LogP contribution in [-0.2, 0) is 15.7 Å². The molecule has 0 saturated carbocycles. The summed E-state index contributed by atoms with van der Waals surface area (Å²) in [4.78, 5) is 44.4. The van der Waals surface area contributed by atoms with Crippen LogP contribution in [0.15, 0.2) is 59.8 Å². The van der Waals surface area contributed by atoms with Gasteiger partial charge in [-0.25, -0.2) is 9.59 Å². The molecule has 2 atom stereocenters. The number of nitrogens with zero attached hydrogens (tertiary/aromatic N) is 3. The van der Waals surface area contributed by atoms with Gasteiger partial charge in [0.15, 0.2) is 0 Å². The minimum Gasteiger partial charge on any atom is -0.497 e. The van der Waals surface area contributed by atoms with Crippen molar-refractivity contribution in [3.63, 3.8) is 0 Å². The Kier molecular flexibility index (Phi) is 8.91. The van der Waals surface area contributed by atoms with Crippen LogP contribution in [-0.4, -0.2) is 85.6 Å².